The summed E-state index contributed by atoms with van der Waals surface area (Å²) in [5.41, 5.74) is 1.97. The lowest BCUT2D eigenvalue weighted by Gasteiger charge is -2.24. The third-order valence-corrected chi connectivity index (χ3v) is 3.85. The van der Waals surface area contributed by atoms with Crippen molar-refractivity contribution in [1.29, 1.82) is 0 Å². The molecule has 2 rings (SSSR count). The van der Waals surface area contributed by atoms with Gasteiger partial charge in [0.25, 0.3) is 0 Å². The highest BCUT2D eigenvalue weighted by atomic mass is 16.4. The first-order chi connectivity index (χ1) is 10.4. The van der Waals surface area contributed by atoms with Crippen molar-refractivity contribution in [2.45, 2.75) is 58.7 Å². The molecule has 0 radical (unpaired) electrons. The second kappa shape index (κ2) is 6.91. The standard InChI is InChI=1S/C15H24N4O3/c1-4-19-12-6-5-10(16-8-13(20)17-9(2)3)7-11(12)14(18-19)15(21)22/h9-10,16H,4-8H2,1-3H3,(H,17,20)(H,21,22). The number of aromatic carboxylic acids is 1. The fraction of sp³-hybridized carbons (Fsp3) is 0.667. The Morgan fingerprint density at radius 1 is 1.45 bits per heavy atom. The van der Waals surface area contributed by atoms with Crippen molar-refractivity contribution in [3.63, 3.8) is 0 Å². The first-order valence-corrected chi connectivity index (χ1v) is 7.77. The number of aryl methyl sites for hydroxylation is 1. The van der Waals surface area contributed by atoms with Gasteiger partial charge >= 0.3 is 5.97 Å². The summed E-state index contributed by atoms with van der Waals surface area (Å²) in [7, 11) is 0. The summed E-state index contributed by atoms with van der Waals surface area (Å²) in [6.45, 7) is 6.72. The number of fused-ring (bicyclic) bond motifs is 1. The molecule has 1 amide bonds. The van der Waals surface area contributed by atoms with Crippen LogP contribution < -0.4 is 10.6 Å². The van der Waals surface area contributed by atoms with E-state index in [1.54, 1.807) is 4.68 Å². The van der Waals surface area contributed by atoms with Crippen LogP contribution in [0.1, 0.15) is 48.9 Å². The SMILES string of the molecule is CCn1nc(C(=O)O)c2c1CCC(NCC(=O)NC(C)C)C2. The summed E-state index contributed by atoms with van der Waals surface area (Å²) in [5.74, 6) is -1.02. The number of nitrogens with zero attached hydrogens (tertiary/aromatic N) is 2. The number of amides is 1. The van der Waals surface area contributed by atoms with Crippen molar-refractivity contribution in [2.75, 3.05) is 6.54 Å². The van der Waals surface area contributed by atoms with Gasteiger partial charge in [-0.3, -0.25) is 9.48 Å². The number of rotatable bonds is 6. The molecule has 1 unspecified atom stereocenters. The maximum Gasteiger partial charge on any atom is 0.356 e. The number of hydrogen-bond acceptors (Lipinski definition) is 4. The van der Waals surface area contributed by atoms with Crippen molar-refractivity contribution < 1.29 is 14.7 Å². The monoisotopic (exact) mass is 308 g/mol. The van der Waals surface area contributed by atoms with Crippen LogP contribution in [0.25, 0.3) is 0 Å². The smallest absolute Gasteiger partial charge is 0.356 e. The summed E-state index contributed by atoms with van der Waals surface area (Å²) in [6, 6.07) is 0.228. The quantitative estimate of drug-likeness (QED) is 0.714. The maximum atomic E-state index is 11.7. The topological polar surface area (TPSA) is 96.2 Å². The Kier molecular flexibility index (Phi) is 5.18. The lowest BCUT2D eigenvalue weighted by atomic mass is 9.91. The average molecular weight is 308 g/mol. The molecule has 1 aromatic heterocycles. The van der Waals surface area contributed by atoms with E-state index in [1.165, 1.54) is 0 Å². The Morgan fingerprint density at radius 2 is 2.18 bits per heavy atom. The fourth-order valence-corrected chi connectivity index (χ4v) is 2.91. The van der Waals surface area contributed by atoms with E-state index in [1.807, 2.05) is 20.8 Å². The van der Waals surface area contributed by atoms with Crippen molar-refractivity contribution in [1.82, 2.24) is 20.4 Å². The average Bonchev–Trinajstić information content (AvgIpc) is 2.82. The number of hydrogen-bond donors (Lipinski definition) is 3. The minimum absolute atomic E-state index is 0.0384. The molecule has 0 bridgehead atoms. The van der Waals surface area contributed by atoms with Crippen molar-refractivity contribution in [2.24, 2.45) is 0 Å². The molecule has 0 spiro atoms. The van der Waals surface area contributed by atoms with Crippen LogP contribution in [-0.2, 0) is 24.2 Å². The van der Waals surface area contributed by atoms with Gasteiger partial charge in [0.1, 0.15) is 0 Å². The summed E-state index contributed by atoms with van der Waals surface area (Å²) in [5, 5.41) is 19.5. The van der Waals surface area contributed by atoms with Gasteiger partial charge in [0.2, 0.25) is 5.91 Å². The van der Waals surface area contributed by atoms with E-state index in [0.717, 1.165) is 24.1 Å². The van der Waals surface area contributed by atoms with Crippen LogP contribution >= 0.6 is 0 Å². The number of aromatic nitrogens is 2. The van der Waals surface area contributed by atoms with E-state index in [4.69, 9.17) is 0 Å². The number of carbonyl (C=O) groups is 2. The van der Waals surface area contributed by atoms with Crippen LogP contribution in [0.3, 0.4) is 0 Å². The van der Waals surface area contributed by atoms with Crippen LogP contribution in [-0.4, -0.2) is 45.4 Å². The van der Waals surface area contributed by atoms with Crippen molar-refractivity contribution in [3.8, 4) is 0 Å². The summed E-state index contributed by atoms with van der Waals surface area (Å²) >= 11 is 0. The largest absolute Gasteiger partial charge is 0.476 e. The molecule has 0 saturated heterocycles. The first kappa shape index (κ1) is 16.5. The Balaban J connectivity index is 2.03. The predicted octanol–water partition coefficient (Wildman–Crippen LogP) is 0.573. The Hall–Kier alpha value is -1.89. The zero-order valence-corrected chi connectivity index (χ0v) is 13.3. The van der Waals surface area contributed by atoms with E-state index in [9.17, 15) is 14.7 Å². The first-order valence-electron chi connectivity index (χ1n) is 7.77. The summed E-state index contributed by atoms with van der Waals surface area (Å²) < 4.78 is 1.78. The van der Waals surface area contributed by atoms with Crippen LogP contribution in [0, 0.1) is 0 Å². The van der Waals surface area contributed by atoms with Crippen LogP contribution in [0.4, 0.5) is 0 Å². The molecule has 7 nitrogen and oxygen atoms in total. The van der Waals surface area contributed by atoms with E-state index >= 15 is 0 Å². The number of nitrogens with one attached hydrogen (secondary N) is 2. The molecule has 0 aromatic carbocycles. The maximum absolute atomic E-state index is 11.7. The molecule has 1 atom stereocenters. The minimum Gasteiger partial charge on any atom is -0.476 e. The second-order valence-electron chi connectivity index (χ2n) is 5.94. The van der Waals surface area contributed by atoms with Gasteiger partial charge in [0, 0.05) is 29.9 Å². The second-order valence-corrected chi connectivity index (χ2v) is 5.94. The molecule has 0 saturated carbocycles. The molecule has 7 heteroatoms. The molecular weight excluding hydrogens is 284 g/mol. The molecule has 1 aromatic rings. The highest BCUT2D eigenvalue weighted by Gasteiger charge is 2.28. The molecule has 1 heterocycles. The van der Waals surface area contributed by atoms with Crippen LogP contribution in [0.2, 0.25) is 0 Å². The predicted molar refractivity (Wildman–Crippen MR) is 82.0 cm³/mol. The summed E-state index contributed by atoms with van der Waals surface area (Å²) in [4.78, 5) is 23.0. The van der Waals surface area contributed by atoms with E-state index < -0.39 is 5.97 Å². The molecule has 3 N–H and O–H groups in total. The Labute approximate surface area is 130 Å². The molecular formula is C15H24N4O3. The third-order valence-electron chi connectivity index (χ3n) is 3.85. The molecule has 1 aliphatic carbocycles. The van der Waals surface area contributed by atoms with Crippen LogP contribution in [0.5, 0.6) is 0 Å². The van der Waals surface area contributed by atoms with E-state index in [-0.39, 0.29) is 30.2 Å². The lowest BCUT2D eigenvalue weighted by Crippen LogP contribution is -2.43. The highest BCUT2D eigenvalue weighted by molar-refractivity contribution is 5.87. The van der Waals surface area contributed by atoms with Gasteiger partial charge in [-0.05, 0) is 40.0 Å². The zero-order chi connectivity index (χ0) is 16.3. The number of carbonyl (C=O) groups excluding carboxylic acids is 1. The van der Waals surface area contributed by atoms with E-state index in [2.05, 4.69) is 15.7 Å². The van der Waals surface area contributed by atoms with Crippen molar-refractivity contribution in [3.05, 3.63) is 17.0 Å². The van der Waals surface area contributed by atoms with Gasteiger partial charge in [-0.2, -0.15) is 5.10 Å². The van der Waals surface area contributed by atoms with Crippen molar-refractivity contribution >= 4 is 11.9 Å². The van der Waals surface area contributed by atoms with Gasteiger partial charge in [0.15, 0.2) is 5.69 Å². The lowest BCUT2D eigenvalue weighted by molar-refractivity contribution is -0.120. The summed E-state index contributed by atoms with van der Waals surface area (Å²) in [6.07, 6.45) is 2.27. The Bertz CT molecular complexity index is 565. The minimum atomic E-state index is -0.985. The molecule has 122 valence electrons. The third kappa shape index (κ3) is 3.65. The number of carboxylic acids is 1. The molecule has 1 aliphatic rings. The molecule has 0 fully saturated rings. The highest BCUT2D eigenvalue weighted by Crippen LogP contribution is 2.25. The van der Waals surface area contributed by atoms with Gasteiger partial charge in [-0.15, -0.1) is 0 Å². The normalized spacial score (nSPS) is 17.4. The van der Waals surface area contributed by atoms with Gasteiger partial charge < -0.3 is 15.7 Å². The Morgan fingerprint density at radius 3 is 2.77 bits per heavy atom. The van der Waals surface area contributed by atoms with Gasteiger partial charge in [0.05, 0.1) is 6.54 Å². The van der Waals surface area contributed by atoms with Gasteiger partial charge in [-0.1, -0.05) is 0 Å². The zero-order valence-electron chi connectivity index (χ0n) is 13.3. The molecule has 22 heavy (non-hydrogen) atoms. The molecule has 0 aliphatic heterocycles. The number of carboxylic acid groups (broad SMARTS) is 1. The van der Waals surface area contributed by atoms with E-state index in [0.29, 0.717) is 13.0 Å². The fourth-order valence-electron chi connectivity index (χ4n) is 2.91. The van der Waals surface area contributed by atoms with Crippen LogP contribution in [0.15, 0.2) is 0 Å². The van der Waals surface area contributed by atoms with Gasteiger partial charge in [-0.25, -0.2) is 4.79 Å².